The molecule has 0 radical (unpaired) electrons. The quantitative estimate of drug-likeness (QED) is 0.435. The zero-order valence-electron chi connectivity index (χ0n) is 14.8. The smallest absolute Gasteiger partial charge is 0.307 e. The van der Waals surface area contributed by atoms with Crippen LogP contribution in [-0.2, 0) is 6.61 Å². The van der Waals surface area contributed by atoms with Gasteiger partial charge in [-0.05, 0) is 48.0 Å². The molecule has 0 fully saturated rings. The Morgan fingerprint density at radius 1 is 1.18 bits per heavy atom. The molecule has 0 saturated heterocycles. The number of methoxy groups -OCH3 is 1. The number of hydrazone groups is 1. The van der Waals surface area contributed by atoms with Crippen molar-refractivity contribution in [3.05, 3.63) is 81.7 Å². The molecule has 0 aliphatic carbocycles. The molecule has 28 heavy (non-hydrogen) atoms. The largest absolute Gasteiger partial charge is 0.496 e. The van der Waals surface area contributed by atoms with Crippen LogP contribution in [0, 0.1) is 0 Å². The van der Waals surface area contributed by atoms with Crippen LogP contribution in [-0.4, -0.2) is 19.2 Å². The first-order valence-electron chi connectivity index (χ1n) is 8.19. The highest BCUT2D eigenvalue weighted by Gasteiger charge is 2.09. The molecule has 3 aromatic rings. The van der Waals surface area contributed by atoms with E-state index in [0.29, 0.717) is 21.5 Å². The van der Waals surface area contributed by atoms with Crippen molar-refractivity contribution >= 4 is 35.3 Å². The van der Waals surface area contributed by atoms with Gasteiger partial charge >= 0.3 is 5.91 Å². The minimum Gasteiger partial charge on any atom is -0.496 e. The predicted octanol–water partition coefficient (Wildman–Crippen LogP) is 4.94. The van der Waals surface area contributed by atoms with E-state index in [1.54, 1.807) is 49.6 Å². The lowest BCUT2D eigenvalue weighted by Crippen LogP contribution is -2.16. The highest BCUT2D eigenvalue weighted by Crippen LogP contribution is 2.32. The highest BCUT2D eigenvalue weighted by molar-refractivity contribution is 6.42. The maximum absolute atomic E-state index is 11.8. The summed E-state index contributed by atoms with van der Waals surface area (Å²) in [5, 5.41) is 4.70. The van der Waals surface area contributed by atoms with Crippen LogP contribution < -0.4 is 14.9 Å². The third kappa shape index (κ3) is 4.85. The number of hydrogen-bond acceptors (Lipinski definition) is 5. The normalized spacial score (nSPS) is 10.8. The van der Waals surface area contributed by atoms with Crippen LogP contribution in [0.2, 0.25) is 10.0 Å². The zero-order valence-corrected chi connectivity index (χ0v) is 16.3. The molecule has 6 nitrogen and oxygen atoms in total. The van der Waals surface area contributed by atoms with Gasteiger partial charge in [-0.15, -0.1) is 0 Å². The molecule has 0 unspecified atom stereocenters. The number of benzene rings is 2. The van der Waals surface area contributed by atoms with Gasteiger partial charge in [0.15, 0.2) is 5.76 Å². The maximum atomic E-state index is 11.8. The van der Waals surface area contributed by atoms with Gasteiger partial charge in [-0.25, -0.2) is 5.43 Å². The topological polar surface area (TPSA) is 73.1 Å². The van der Waals surface area contributed by atoms with Crippen molar-refractivity contribution in [1.29, 1.82) is 0 Å². The molecule has 0 bridgehead atoms. The van der Waals surface area contributed by atoms with Crippen LogP contribution in [0.25, 0.3) is 0 Å². The second kappa shape index (κ2) is 9.30. The average molecular weight is 419 g/mol. The fourth-order valence-electron chi connectivity index (χ4n) is 2.37. The van der Waals surface area contributed by atoms with Gasteiger partial charge in [-0.2, -0.15) is 5.10 Å². The fraction of sp³-hybridized carbons (Fsp3) is 0.100. The number of hydrogen-bond donors (Lipinski definition) is 1. The van der Waals surface area contributed by atoms with E-state index in [9.17, 15) is 4.79 Å². The molecule has 1 amide bonds. The summed E-state index contributed by atoms with van der Waals surface area (Å²) in [6, 6.07) is 13.8. The number of furan rings is 1. The van der Waals surface area contributed by atoms with Gasteiger partial charge in [0.1, 0.15) is 23.1 Å². The minimum atomic E-state index is -0.436. The molecule has 1 heterocycles. The highest BCUT2D eigenvalue weighted by atomic mass is 35.5. The van der Waals surface area contributed by atoms with E-state index in [0.717, 1.165) is 11.1 Å². The summed E-state index contributed by atoms with van der Waals surface area (Å²) >= 11 is 12.2. The van der Waals surface area contributed by atoms with Crippen molar-refractivity contribution in [2.75, 3.05) is 7.11 Å². The van der Waals surface area contributed by atoms with E-state index in [1.165, 1.54) is 12.5 Å². The average Bonchev–Trinajstić information content (AvgIpc) is 3.24. The van der Waals surface area contributed by atoms with Crippen molar-refractivity contribution in [2.24, 2.45) is 5.10 Å². The third-order valence-electron chi connectivity index (χ3n) is 3.73. The third-order valence-corrected chi connectivity index (χ3v) is 4.53. The van der Waals surface area contributed by atoms with Gasteiger partial charge in [-0.1, -0.05) is 29.3 Å². The van der Waals surface area contributed by atoms with Gasteiger partial charge in [-0.3, -0.25) is 4.79 Å². The van der Waals surface area contributed by atoms with Gasteiger partial charge in [0.25, 0.3) is 0 Å². The van der Waals surface area contributed by atoms with Crippen LogP contribution in [0.5, 0.6) is 11.5 Å². The van der Waals surface area contributed by atoms with Crippen molar-refractivity contribution in [2.45, 2.75) is 6.61 Å². The SMILES string of the molecule is COc1ccc(/C=N/NC(=O)c2ccco2)cc1COc1cccc(Cl)c1Cl. The first-order valence-corrected chi connectivity index (χ1v) is 8.94. The lowest BCUT2D eigenvalue weighted by Gasteiger charge is -2.12. The molecule has 1 N–H and O–H groups in total. The van der Waals surface area contributed by atoms with Crippen LogP contribution >= 0.6 is 23.2 Å². The van der Waals surface area contributed by atoms with Crippen molar-refractivity contribution in [1.82, 2.24) is 5.43 Å². The summed E-state index contributed by atoms with van der Waals surface area (Å²) < 4.78 is 16.1. The number of amides is 1. The second-order valence-electron chi connectivity index (χ2n) is 5.59. The van der Waals surface area contributed by atoms with Gasteiger partial charge < -0.3 is 13.9 Å². The first kappa shape index (κ1) is 19.8. The van der Waals surface area contributed by atoms with Crippen LogP contribution in [0.3, 0.4) is 0 Å². The molecule has 144 valence electrons. The molecular weight excluding hydrogens is 403 g/mol. The van der Waals surface area contributed by atoms with E-state index in [1.807, 2.05) is 6.07 Å². The zero-order chi connectivity index (χ0) is 19.9. The van der Waals surface area contributed by atoms with E-state index >= 15 is 0 Å². The van der Waals surface area contributed by atoms with E-state index in [-0.39, 0.29) is 12.4 Å². The summed E-state index contributed by atoms with van der Waals surface area (Å²) in [6.07, 6.45) is 2.93. The molecule has 8 heteroatoms. The minimum absolute atomic E-state index is 0.180. The second-order valence-corrected chi connectivity index (χ2v) is 6.37. The predicted molar refractivity (Wildman–Crippen MR) is 108 cm³/mol. The van der Waals surface area contributed by atoms with E-state index in [4.69, 9.17) is 37.1 Å². The number of nitrogens with zero attached hydrogens (tertiary/aromatic N) is 1. The molecule has 0 spiro atoms. The Morgan fingerprint density at radius 3 is 2.79 bits per heavy atom. The fourth-order valence-corrected chi connectivity index (χ4v) is 2.72. The van der Waals surface area contributed by atoms with E-state index < -0.39 is 5.91 Å². The summed E-state index contributed by atoms with van der Waals surface area (Å²) in [5.41, 5.74) is 3.92. The summed E-state index contributed by atoms with van der Waals surface area (Å²) in [7, 11) is 1.57. The molecule has 0 aliphatic rings. The van der Waals surface area contributed by atoms with Crippen molar-refractivity contribution in [3.8, 4) is 11.5 Å². The van der Waals surface area contributed by atoms with Crippen LogP contribution in [0.15, 0.2) is 64.3 Å². The Bertz CT molecular complexity index is 988. The summed E-state index contributed by atoms with van der Waals surface area (Å²) in [4.78, 5) is 11.8. The summed E-state index contributed by atoms with van der Waals surface area (Å²) in [5.74, 6) is 0.865. The van der Waals surface area contributed by atoms with Crippen LogP contribution in [0.1, 0.15) is 21.7 Å². The Kier molecular flexibility index (Phi) is 6.57. The lowest BCUT2D eigenvalue weighted by atomic mass is 10.1. The molecule has 1 aromatic heterocycles. The lowest BCUT2D eigenvalue weighted by molar-refractivity contribution is 0.0927. The van der Waals surface area contributed by atoms with E-state index in [2.05, 4.69) is 10.5 Å². The maximum Gasteiger partial charge on any atom is 0.307 e. The standard InChI is InChI=1S/C20H16Cl2N2O4/c1-26-16-8-7-13(11-23-24-20(25)18-6-3-9-27-18)10-14(16)12-28-17-5-2-4-15(21)19(17)22/h2-11H,12H2,1H3,(H,24,25)/b23-11+. The van der Waals surface area contributed by atoms with Gasteiger partial charge in [0, 0.05) is 5.56 Å². The van der Waals surface area contributed by atoms with Gasteiger partial charge in [0.05, 0.1) is 24.6 Å². The van der Waals surface area contributed by atoms with Crippen molar-refractivity contribution < 1.29 is 18.7 Å². The number of rotatable bonds is 7. The Morgan fingerprint density at radius 2 is 2.04 bits per heavy atom. The molecule has 0 atom stereocenters. The number of halogens is 2. The first-order chi connectivity index (χ1) is 13.6. The van der Waals surface area contributed by atoms with Crippen LogP contribution in [0.4, 0.5) is 0 Å². The van der Waals surface area contributed by atoms with Gasteiger partial charge in [0.2, 0.25) is 0 Å². The number of carbonyl (C=O) groups is 1. The molecule has 3 rings (SSSR count). The molecule has 0 aliphatic heterocycles. The molecule has 2 aromatic carbocycles. The summed E-state index contributed by atoms with van der Waals surface area (Å²) in [6.45, 7) is 0.212. The number of ether oxygens (including phenoxy) is 2. The monoisotopic (exact) mass is 418 g/mol. The van der Waals surface area contributed by atoms with Crippen molar-refractivity contribution in [3.63, 3.8) is 0 Å². The molecule has 0 saturated carbocycles. The Hall–Kier alpha value is -2.96. The Labute approximate surface area is 171 Å². The molecular formula is C20H16Cl2N2O4. The number of carbonyl (C=O) groups excluding carboxylic acids is 1. The Balaban J connectivity index is 1.70. The number of nitrogens with one attached hydrogen (secondary N) is 1.